The van der Waals surface area contributed by atoms with Gasteiger partial charge in [-0.05, 0) is 30.7 Å². The van der Waals surface area contributed by atoms with Gasteiger partial charge in [0.05, 0.1) is 32.0 Å². The summed E-state index contributed by atoms with van der Waals surface area (Å²) in [6, 6.07) is 6.44. The molecule has 0 aliphatic heterocycles. The summed E-state index contributed by atoms with van der Waals surface area (Å²) < 4.78 is 15.6. The van der Waals surface area contributed by atoms with Crippen LogP contribution >= 0.6 is 23.2 Å². The standard InChI is InChI=1S/C17H17Cl2NO4/c1-9-5-13(14(22-2)8-11(9)18)20-17(21)10-6-12(19)16(24-4)15(7-10)23-3/h5-8H,1-4H3,(H,20,21). The molecule has 0 aliphatic rings. The summed E-state index contributed by atoms with van der Waals surface area (Å²) in [4.78, 5) is 12.5. The Morgan fingerprint density at radius 1 is 0.917 bits per heavy atom. The summed E-state index contributed by atoms with van der Waals surface area (Å²) in [6.45, 7) is 1.84. The molecule has 0 unspecified atom stereocenters. The van der Waals surface area contributed by atoms with E-state index in [1.54, 1.807) is 18.2 Å². The molecule has 0 aliphatic carbocycles. The molecule has 0 bridgehead atoms. The van der Waals surface area contributed by atoms with Crippen LogP contribution in [-0.2, 0) is 0 Å². The summed E-state index contributed by atoms with van der Waals surface area (Å²) in [5.41, 5.74) is 1.65. The van der Waals surface area contributed by atoms with Crippen LogP contribution in [-0.4, -0.2) is 27.2 Å². The molecule has 2 aromatic rings. The van der Waals surface area contributed by atoms with E-state index in [0.717, 1.165) is 5.56 Å². The molecular weight excluding hydrogens is 353 g/mol. The number of ether oxygens (including phenoxy) is 3. The molecule has 0 fully saturated rings. The molecule has 1 amide bonds. The number of anilines is 1. The number of carbonyl (C=O) groups is 1. The third kappa shape index (κ3) is 3.68. The second-order valence-electron chi connectivity index (χ2n) is 4.95. The molecule has 0 radical (unpaired) electrons. The van der Waals surface area contributed by atoms with Gasteiger partial charge in [0.1, 0.15) is 5.75 Å². The second-order valence-corrected chi connectivity index (χ2v) is 5.76. The molecule has 0 saturated carbocycles. The van der Waals surface area contributed by atoms with Gasteiger partial charge in [0.2, 0.25) is 0 Å². The van der Waals surface area contributed by atoms with Gasteiger partial charge in [-0.25, -0.2) is 0 Å². The molecule has 0 saturated heterocycles. The van der Waals surface area contributed by atoms with Gasteiger partial charge in [0.15, 0.2) is 11.5 Å². The third-order valence-electron chi connectivity index (χ3n) is 3.42. The zero-order valence-corrected chi connectivity index (χ0v) is 15.2. The number of carbonyl (C=O) groups excluding carboxylic acids is 1. The zero-order valence-electron chi connectivity index (χ0n) is 13.7. The highest BCUT2D eigenvalue weighted by Gasteiger charge is 2.17. The predicted molar refractivity (Wildman–Crippen MR) is 95.3 cm³/mol. The number of benzene rings is 2. The van der Waals surface area contributed by atoms with Gasteiger partial charge in [0.25, 0.3) is 5.91 Å². The Kier molecular flexibility index (Phi) is 5.80. The Hall–Kier alpha value is -2.11. The van der Waals surface area contributed by atoms with E-state index in [4.69, 9.17) is 37.4 Å². The van der Waals surface area contributed by atoms with Gasteiger partial charge < -0.3 is 19.5 Å². The average molecular weight is 370 g/mol. The van der Waals surface area contributed by atoms with Crippen molar-refractivity contribution in [2.24, 2.45) is 0 Å². The van der Waals surface area contributed by atoms with Crippen LogP contribution in [0.25, 0.3) is 0 Å². The zero-order chi connectivity index (χ0) is 17.9. The van der Waals surface area contributed by atoms with E-state index < -0.39 is 0 Å². The van der Waals surface area contributed by atoms with Crippen molar-refractivity contribution in [3.05, 3.63) is 45.4 Å². The molecule has 2 aromatic carbocycles. The first-order valence-electron chi connectivity index (χ1n) is 6.98. The lowest BCUT2D eigenvalue weighted by Crippen LogP contribution is -2.13. The minimum Gasteiger partial charge on any atom is -0.495 e. The van der Waals surface area contributed by atoms with Crippen LogP contribution < -0.4 is 19.5 Å². The number of halogens is 2. The second kappa shape index (κ2) is 7.64. The van der Waals surface area contributed by atoms with Gasteiger partial charge in [-0.3, -0.25) is 4.79 Å². The summed E-state index contributed by atoms with van der Waals surface area (Å²) >= 11 is 12.2. The van der Waals surface area contributed by atoms with Crippen molar-refractivity contribution in [2.45, 2.75) is 6.92 Å². The number of nitrogens with one attached hydrogen (secondary N) is 1. The first-order chi connectivity index (χ1) is 11.4. The van der Waals surface area contributed by atoms with E-state index in [-0.39, 0.29) is 10.9 Å². The van der Waals surface area contributed by atoms with Gasteiger partial charge in [-0.1, -0.05) is 23.2 Å². The van der Waals surface area contributed by atoms with Crippen LogP contribution in [0.2, 0.25) is 10.0 Å². The van der Waals surface area contributed by atoms with E-state index in [9.17, 15) is 4.79 Å². The smallest absolute Gasteiger partial charge is 0.255 e. The van der Waals surface area contributed by atoms with Gasteiger partial charge >= 0.3 is 0 Å². The Labute approximate surface area is 150 Å². The lowest BCUT2D eigenvalue weighted by Gasteiger charge is -2.14. The van der Waals surface area contributed by atoms with Crippen molar-refractivity contribution in [2.75, 3.05) is 26.6 Å². The van der Waals surface area contributed by atoms with E-state index in [0.29, 0.717) is 33.5 Å². The molecule has 7 heteroatoms. The fraction of sp³-hybridized carbons (Fsp3) is 0.235. The molecule has 2 rings (SSSR count). The first-order valence-corrected chi connectivity index (χ1v) is 7.73. The highest BCUT2D eigenvalue weighted by molar-refractivity contribution is 6.33. The highest BCUT2D eigenvalue weighted by atomic mass is 35.5. The minimum atomic E-state index is -0.363. The van der Waals surface area contributed by atoms with Crippen molar-refractivity contribution < 1.29 is 19.0 Å². The summed E-state index contributed by atoms with van der Waals surface area (Å²) in [7, 11) is 4.45. The van der Waals surface area contributed by atoms with Crippen molar-refractivity contribution in [3.8, 4) is 17.2 Å². The number of methoxy groups -OCH3 is 3. The highest BCUT2D eigenvalue weighted by Crippen LogP contribution is 2.37. The van der Waals surface area contributed by atoms with E-state index >= 15 is 0 Å². The third-order valence-corrected chi connectivity index (χ3v) is 4.11. The summed E-state index contributed by atoms with van der Waals surface area (Å²) in [6.07, 6.45) is 0. The van der Waals surface area contributed by atoms with Crippen molar-refractivity contribution in [1.82, 2.24) is 0 Å². The normalized spacial score (nSPS) is 10.2. The number of aryl methyl sites for hydroxylation is 1. The Morgan fingerprint density at radius 3 is 2.17 bits per heavy atom. The molecule has 0 atom stereocenters. The Bertz CT molecular complexity index is 778. The number of hydrogen-bond donors (Lipinski definition) is 1. The number of amides is 1. The van der Waals surface area contributed by atoms with Crippen LogP contribution in [0.3, 0.4) is 0 Å². The molecule has 0 spiro atoms. The van der Waals surface area contributed by atoms with E-state index in [2.05, 4.69) is 5.32 Å². The van der Waals surface area contributed by atoms with Crippen molar-refractivity contribution >= 4 is 34.8 Å². The number of hydrogen-bond acceptors (Lipinski definition) is 4. The Morgan fingerprint density at radius 2 is 1.58 bits per heavy atom. The largest absolute Gasteiger partial charge is 0.495 e. The molecule has 0 heterocycles. The van der Waals surface area contributed by atoms with Crippen LogP contribution in [0.1, 0.15) is 15.9 Å². The van der Waals surface area contributed by atoms with Crippen LogP contribution in [0.4, 0.5) is 5.69 Å². The maximum atomic E-state index is 12.5. The topological polar surface area (TPSA) is 56.8 Å². The van der Waals surface area contributed by atoms with E-state index in [1.165, 1.54) is 27.4 Å². The van der Waals surface area contributed by atoms with Crippen molar-refractivity contribution in [1.29, 1.82) is 0 Å². The first kappa shape index (κ1) is 18.2. The SMILES string of the molecule is COc1cc(Cl)c(C)cc1NC(=O)c1cc(Cl)c(OC)c(OC)c1. The lowest BCUT2D eigenvalue weighted by atomic mass is 10.1. The van der Waals surface area contributed by atoms with Crippen LogP contribution in [0.5, 0.6) is 17.2 Å². The molecular formula is C17H17Cl2NO4. The maximum Gasteiger partial charge on any atom is 0.255 e. The van der Waals surface area contributed by atoms with Crippen molar-refractivity contribution in [3.63, 3.8) is 0 Å². The molecule has 128 valence electrons. The molecule has 0 aromatic heterocycles. The minimum absolute atomic E-state index is 0.279. The van der Waals surface area contributed by atoms with Gasteiger partial charge in [0, 0.05) is 16.7 Å². The fourth-order valence-electron chi connectivity index (χ4n) is 2.17. The lowest BCUT2D eigenvalue weighted by molar-refractivity contribution is 0.102. The molecule has 5 nitrogen and oxygen atoms in total. The predicted octanol–water partition coefficient (Wildman–Crippen LogP) is 4.58. The summed E-state index contributed by atoms with van der Waals surface area (Å²) in [5.74, 6) is 0.841. The fourth-order valence-corrected chi connectivity index (χ4v) is 2.61. The quantitative estimate of drug-likeness (QED) is 0.837. The molecule has 1 N–H and O–H groups in total. The van der Waals surface area contributed by atoms with Gasteiger partial charge in [-0.2, -0.15) is 0 Å². The average Bonchev–Trinajstić information content (AvgIpc) is 2.56. The Balaban J connectivity index is 2.37. The van der Waals surface area contributed by atoms with E-state index in [1.807, 2.05) is 6.92 Å². The number of rotatable bonds is 5. The molecule has 24 heavy (non-hydrogen) atoms. The van der Waals surface area contributed by atoms with Crippen LogP contribution in [0, 0.1) is 6.92 Å². The maximum absolute atomic E-state index is 12.5. The van der Waals surface area contributed by atoms with Gasteiger partial charge in [-0.15, -0.1) is 0 Å². The van der Waals surface area contributed by atoms with Crippen LogP contribution in [0.15, 0.2) is 24.3 Å². The summed E-state index contributed by atoms with van der Waals surface area (Å²) in [5, 5.41) is 3.62. The monoisotopic (exact) mass is 369 g/mol.